The number of anilines is 1. The van der Waals surface area contributed by atoms with E-state index in [1.807, 2.05) is 0 Å². The summed E-state index contributed by atoms with van der Waals surface area (Å²) in [5, 5.41) is 9.23. The van der Waals surface area contributed by atoms with Crippen LogP contribution in [0.1, 0.15) is 11.1 Å². The van der Waals surface area contributed by atoms with Gasteiger partial charge < -0.3 is 14.7 Å². The molecule has 2 aromatic carbocycles. The van der Waals surface area contributed by atoms with Gasteiger partial charge in [0.15, 0.2) is 0 Å². The Morgan fingerprint density at radius 2 is 1.72 bits per heavy atom. The van der Waals surface area contributed by atoms with E-state index < -0.39 is 29.5 Å². The fourth-order valence-corrected chi connectivity index (χ4v) is 2.53. The van der Waals surface area contributed by atoms with Gasteiger partial charge in [-0.25, -0.2) is 0 Å². The number of halogens is 5. The van der Waals surface area contributed by atoms with E-state index in [1.54, 1.807) is 0 Å². The molecule has 4 nitrogen and oxygen atoms in total. The van der Waals surface area contributed by atoms with E-state index in [2.05, 4.69) is 4.74 Å². The number of hydrogen-bond acceptors (Lipinski definition) is 3. The molecule has 0 spiro atoms. The maximum absolute atomic E-state index is 14.2. The highest BCUT2D eigenvalue weighted by Gasteiger charge is 2.53. The van der Waals surface area contributed by atoms with Crippen LogP contribution in [-0.2, 0) is 17.3 Å². The summed E-state index contributed by atoms with van der Waals surface area (Å²) in [6.45, 7) is -0.221. The SMILES string of the molecule is O=C1N(Cc2ccc(O)cc2)c2ccc(OC(F)(F)F)cc2C1(F)F. The lowest BCUT2D eigenvalue weighted by Crippen LogP contribution is -2.34. The van der Waals surface area contributed by atoms with Gasteiger partial charge in [0, 0.05) is 0 Å². The minimum Gasteiger partial charge on any atom is -0.508 e. The second kappa shape index (κ2) is 5.61. The molecule has 1 N–H and O–H groups in total. The van der Waals surface area contributed by atoms with Crippen LogP contribution in [0.4, 0.5) is 27.6 Å². The van der Waals surface area contributed by atoms with Gasteiger partial charge in [0.2, 0.25) is 0 Å². The summed E-state index contributed by atoms with van der Waals surface area (Å²) >= 11 is 0. The Hall–Kier alpha value is -2.84. The number of rotatable bonds is 3. The van der Waals surface area contributed by atoms with Crippen molar-refractivity contribution in [2.75, 3.05) is 4.90 Å². The van der Waals surface area contributed by atoms with Gasteiger partial charge >= 0.3 is 18.2 Å². The van der Waals surface area contributed by atoms with Crippen molar-refractivity contribution in [1.82, 2.24) is 0 Å². The number of amides is 1. The third-order valence-corrected chi connectivity index (χ3v) is 3.62. The number of hydrogen-bond donors (Lipinski definition) is 1. The number of phenols is 1. The van der Waals surface area contributed by atoms with Crippen molar-refractivity contribution >= 4 is 11.6 Å². The number of nitrogens with zero attached hydrogens (tertiary/aromatic N) is 1. The standard InChI is InChI=1S/C16H10F5NO3/c17-15(18)12-7-11(25-16(19,20)21)5-6-13(12)22(14(15)24)8-9-1-3-10(23)4-2-9/h1-7,23H,8H2. The fraction of sp³-hybridized carbons (Fsp3) is 0.188. The minimum absolute atomic E-state index is 0.0313. The zero-order chi connectivity index (χ0) is 18.4. The summed E-state index contributed by atoms with van der Waals surface area (Å²) < 4.78 is 68.8. The summed E-state index contributed by atoms with van der Waals surface area (Å²) in [6.07, 6.45) is -5.03. The first kappa shape index (κ1) is 17.0. The van der Waals surface area contributed by atoms with Crippen molar-refractivity contribution in [3.63, 3.8) is 0 Å². The van der Waals surface area contributed by atoms with Crippen LogP contribution in [0.25, 0.3) is 0 Å². The second-order valence-electron chi connectivity index (χ2n) is 5.36. The van der Waals surface area contributed by atoms with Crippen molar-refractivity contribution in [2.24, 2.45) is 0 Å². The molecule has 0 saturated carbocycles. The van der Waals surface area contributed by atoms with Gasteiger partial charge in [0.1, 0.15) is 11.5 Å². The zero-order valence-electron chi connectivity index (χ0n) is 12.3. The first-order valence-electron chi connectivity index (χ1n) is 6.96. The highest BCUT2D eigenvalue weighted by Crippen LogP contribution is 2.46. The summed E-state index contributed by atoms with van der Waals surface area (Å²) in [5.41, 5.74) is -0.582. The van der Waals surface area contributed by atoms with Crippen LogP contribution in [-0.4, -0.2) is 17.4 Å². The van der Waals surface area contributed by atoms with Gasteiger partial charge in [-0.3, -0.25) is 4.79 Å². The molecule has 0 aromatic heterocycles. The third kappa shape index (κ3) is 3.21. The monoisotopic (exact) mass is 359 g/mol. The minimum atomic E-state index is -5.03. The van der Waals surface area contributed by atoms with Crippen molar-refractivity contribution in [2.45, 2.75) is 18.8 Å². The van der Waals surface area contributed by atoms with Gasteiger partial charge in [-0.2, -0.15) is 8.78 Å². The third-order valence-electron chi connectivity index (χ3n) is 3.62. The van der Waals surface area contributed by atoms with Crippen molar-refractivity contribution < 1.29 is 36.6 Å². The summed E-state index contributed by atoms with van der Waals surface area (Å²) in [5.74, 6) is -6.36. The molecule has 0 atom stereocenters. The average Bonchev–Trinajstić information content (AvgIpc) is 2.69. The van der Waals surface area contributed by atoms with Gasteiger partial charge in [0.05, 0.1) is 17.8 Å². The van der Waals surface area contributed by atoms with Crippen LogP contribution in [0.15, 0.2) is 42.5 Å². The summed E-state index contributed by atoms with van der Waals surface area (Å²) in [7, 11) is 0. The van der Waals surface area contributed by atoms with Crippen LogP contribution in [0.2, 0.25) is 0 Å². The molecular formula is C16H10F5NO3. The van der Waals surface area contributed by atoms with Crippen LogP contribution in [0, 0.1) is 0 Å². The summed E-state index contributed by atoms with van der Waals surface area (Å²) in [4.78, 5) is 12.8. The maximum Gasteiger partial charge on any atom is 0.573 e. The molecule has 1 heterocycles. The molecule has 132 valence electrons. The predicted molar refractivity (Wildman–Crippen MR) is 76.3 cm³/mol. The van der Waals surface area contributed by atoms with Gasteiger partial charge in [0.25, 0.3) is 0 Å². The first-order chi connectivity index (χ1) is 11.6. The molecule has 1 aliphatic rings. The number of carbonyl (C=O) groups is 1. The van der Waals surface area contributed by atoms with E-state index in [0.717, 1.165) is 17.0 Å². The lowest BCUT2D eigenvalue weighted by Gasteiger charge is -2.17. The summed E-state index contributed by atoms with van der Waals surface area (Å²) in [6, 6.07) is 7.90. The van der Waals surface area contributed by atoms with Crippen molar-refractivity contribution in [3.05, 3.63) is 53.6 Å². The van der Waals surface area contributed by atoms with E-state index in [1.165, 1.54) is 24.3 Å². The van der Waals surface area contributed by atoms with E-state index in [9.17, 15) is 31.9 Å². The molecule has 3 rings (SSSR count). The molecular weight excluding hydrogens is 349 g/mol. The highest BCUT2D eigenvalue weighted by atomic mass is 19.4. The molecule has 25 heavy (non-hydrogen) atoms. The predicted octanol–water partition coefficient (Wildman–Crippen LogP) is 3.93. The first-order valence-corrected chi connectivity index (χ1v) is 6.96. The molecule has 2 aromatic rings. The van der Waals surface area contributed by atoms with E-state index in [0.29, 0.717) is 11.6 Å². The lowest BCUT2D eigenvalue weighted by molar-refractivity contribution is -0.274. The number of aromatic hydroxyl groups is 1. The van der Waals surface area contributed by atoms with Crippen LogP contribution < -0.4 is 9.64 Å². The molecule has 0 radical (unpaired) electrons. The quantitative estimate of drug-likeness (QED) is 0.845. The largest absolute Gasteiger partial charge is 0.573 e. The average molecular weight is 359 g/mol. The lowest BCUT2D eigenvalue weighted by atomic mass is 10.1. The van der Waals surface area contributed by atoms with Crippen LogP contribution in [0.5, 0.6) is 11.5 Å². The van der Waals surface area contributed by atoms with Gasteiger partial charge in [-0.1, -0.05) is 12.1 Å². The van der Waals surface area contributed by atoms with Gasteiger partial charge in [-0.05, 0) is 35.9 Å². The normalized spacial score (nSPS) is 16.0. The molecule has 1 aliphatic heterocycles. The van der Waals surface area contributed by atoms with Crippen molar-refractivity contribution in [1.29, 1.82) is 0 Å². The molecule has 0 fully saturated rings. The molecule has 0 unspecified atom stereocenters. The Balaban J connectivity index is 1.96. The number of phenolic OH excluding ortho intramolecular Hbond substituents is 1. The smallest absolute Gasteiger partial charge is 0.508 e. The number of carbonyl (C=O) groups excluding carboxylic acids is 1. The van der Waals surface area contributed by atoms with E-state index in [-0.39, 0.29) is 18.0 Å². The number of ether oxygens (including phenoxy) is 1. The Kier molecular flexibility index (Phi) is 3.81. The molecule has 1 amide bonds. The Morgan fingerprint density at radius 3 is 2.32 bits per heavy atom. The number of fused-ring (bicyclic) bond motifs is 1. The zero-order valence-corrected chi connectivity index (χ0v) is 12.3. The Labute approximate surface area is 138 Å². The Morgan fingerprint density at radius 1 is 1.08 bits per heavy atom. The topological polar surface area (TPSA) is 49.8 Å². The van der Waals surface area contributed by atoms with Crippen molar-refractivity contribution in [3.8, 4) is 11.5 Å². The van der Waals surface area contributed by atoms with E-state index in [4.69, 9.17) is 0 Å². The van der Waals surface area contributed by atoms with Gasteiger partial charge in [-0.15, -0.1) is 13.2 Å². The van der Waals surface area contributed by atoms with Crippen LogP contribution in [0.3, 0.4) is 0 Å². The molecule has 0 saturated heterocycles. The van der Waals surface area contributed by atoms with E-state index >= 15 is 0 Å². The maximum atomic E-state index is 14.2. The number of benzene rings is 2. The molecule has 9 heteroatoms. The second-order valence-corrected chi connectivity index (χ2v) is 5.36. The van der Waals surface area contributed by atoms with Crippen LogP contribution >= 0.6 is 0 Å². The molecule has 0 bridgehead atoms. The highest BCUT2D eigenvalue weighted by molar-refractivity contribution is 6.05. The number of alkyl halides is 5. The fourth-order valence-electron chi connectivity index (χ4n) is 2.53. The Bertz CT molecular complexity index is 818. The molecule has 0 aliphatic carbocycles.